The van der Waals surface area contributed by atoms with Gasteiger partial charge in [-0.3, -0.25) is 4.79 Å². The SMILES string of the molecule is CCN(CC(C)C#N)C(=O)c1ccc(C#CCO)s1. The van der Waals surface area contributed by atoms with E-state index in [1.54, 1.807) is 24.0 Å². The number of rotatable bonds is 4. The van der Waals surface area contributed by atoms with E-state index in [2.05, 4.69) is 17.9 Å². The molecule has 0 saturated carbocycles. The van der Waals surface area contributed by atoms with Crippen molar-refractivity contribution >= 4 is 17.2 Å². The molecule has 0 spiro atoms. The summed E-state index contributed by atoms with van der Waals surface area (Å²) in [4.78, 5) is 15.3. The number of hydrogen-bond acceptors (Lipinski definition) is 4. The van der Waals surface area contributed by atoms with E-state index in [0.717, 1.165) is 4.88 Å². The van der Waals surface area contributed by atoms with Gasteiger partial charge in [-0.05, 0) is 26.0 Å². The van der Waals surface area contributed by atoms with E-state index in [4.69, 9.17) is 10.4 Å². The van der Waals surface area contributed by atoms with Crippen LogP contribution in [0.2, 0.25) is 0 Å². The van der Waals surface area contributed by atoms with E-state index >= 15 is 0 Å². The first-order valence-corrected chi connectivity index (χ1v) is 6.82. The summed E-state index contributed by atoms with van der Waals surface area (Å²) < 4.78 is 0. The fraction of sp³-hybridized carbons (Fsp3) is 0.429. The highest BCUT2D eigenvalue weighted by Gasteiger charge is 2.18. The highest BCUT2D eigenvalue weighted by molar-refractivity contribution is 7.14. The van der Waals surface area contributed by atoms with E-state index in [9.17, 15) is 4.79 Å². The summed E-state index contributed by atoms with van der Waals surface area (Å²) in [6, 6.07) is 5.62. The van der Waals surface area contributed by atoms with Crippen molar-refractivity contribution in [2.24, 2.45) is 5.92 Å². The van der Waals surface area contributed by atoms with Gasteiger partial charge in [-0.1, -0.05) is 11.8 Å². The molecule has 1 aromatic rings. The maximum Gasteiger partial charge on any atom is 0.263 e. The molecule has 1 amide bonds. The monoisotopic (exact) mass is 276 g/mol. The number of aliphatic hydroxyl groups is 1. The first-order valence-electron chi connectivity index (χ1n) is 6.00. The molecule has 100 valence electrons. The van der Waals surface area contributed by atoms with Crippen LogP contribution < -0.4 is 0 Å². The van der Waals surface area contributed by atoms with Crippen LogP contribution in [0, 0.1) is 29.1 Å². The Morgan fingerprint density at radius 3 is 2.89 bits per heavy atom. The smallest absolute Gasteiger partial charge is 0.263 e. The molecule has 1 atom stereocenters. The number of hydrogen-bond donors (Lipinski definition) is 1. The second-order valence-corrected chi connectivity index (χ2v) is 5.08. The minimum Gasteiger partial charge on any atom is -0.384 e. The van der Waals surface area contributed by atoms with Crippen LogP contribution >= 0.6 is 11.3 Å². The average Bonchev–Trinajstić information content (AvgIpc) is 2.90. The molecule has 0 bridgehead atoms. The lowest BCUT2D eigenvalue weighted by Gasteiger charge is -2.21. The largest absolute Gasteiger partial charge is 0.384 e. The molecule has 5 heteroatoms. The van der Waals surface area contributed by atoms with Gasteiger partial charge in [-0.2, -0.15) is 5.26 Å². The molecule has 0 aliphatic rings. The Bertz CT molecular complexity index is 534. The number of nitrogens with zero attached hydrogens (tertiary/aromatic N) is 2. The van der Waals surface area contributed by atoms with Crippen molar-refractivity contribution in [3.8, 4) is 17.9 Å². The van der Waals surface area contributed by atoms with E-state index in [1.165, 1.54) is 11.3 Å². The summed E-state index contributed by atoms with van der Waals surface area (Å²) in [5, 5.41) is 17.4. The molecule has 0 saturated heterocycles. The standard InChI is InChI=1S/C14H16N2O2S/c1-3-16(10-11(2)9-15)14(18)13-7-6-12(19-13)5-4-8-17/h6-7,11,17H,3,8,10H2,1-2H3. The third-order valence-corrected chi connectivity index (χ3v) is 3.48. The molecule has 1 rings (SSSR count). The molecule has 0 radical (unpaired) electrons. The van der Waals surface area contributed by atoms with Gasteiger partial charge in [0.25, 0.3) is 5.91 Å². The first-order chi connectivity index (χ1) is 9.12. The average molecular weight is 276 g/mol. The Kier molecular flexibility index (Phi) is 6.08. The number of aliphatic hydroxyl groups excluding tert-OH is 1. The second-order valence-electron chi connectivity index (χ2n) is 4.00. The normalized spacial score (nSPS) is 11.1. The molecular formula is C14H16N2O2S. The minimum atomic E-state index is -0.193. The van der Waals surface area contributed by atoms with Crippen LogP contribution in [0.4, 0.5) is 0 Å². The zero-order valence-electron chi connectivity index (χ0n) is 11.0. The molecule has 19 heavy (non-hydrogen) atoms. The molecule has 0 aromatic carbocycles. The molecule has 1 aromatic heterocycles. The fourth-order valence-corrected chi connectivity index (χ4v) is 2.38. The zero-order chi connectivity index (χ0) is 14.3. The Labute approximate surface area is 117 Å². The van der Waals surface area contributed by atoms with Crippen molar-refractivity contribution in [2.45, 2.75) is 13.8 Å². The predicted molar refractivity (Wildman–Crippen MR) is 74.6 cm³/mol. The van der Waals surface area contributed by atoms with Crippen molar-refractivity contribution in [3.05, 3.63) is 21.9 Å². The van der Waals surface area contributed by atoms with E-state index in [0.29, 0.717) is 18.0 Å². The third-order valence-electron chi connectivity index (χ3n) is 2.49. The van der Waals surface area contributed by atoms with Crippen LogP contribution in [0.5, 0.6) is 0 Å². The number of thiophene rings is 1. The summed E-state index contributed by atoms with van der Waals surface area (Å²) in [5.41, 5.74) is 0. The lowest BCUT2D eigenvalue weighted by Crippen LogP contribution is -2.33. The predicted octanol–water partition coefficient (Wildman–Crippen LogP) is 1.71. The lowest BCUT2D eigenvalue weighted by molar-refractivity contribution is 0.0757. The van der Waals surface area contributed by atoms with Crippen LogP contribution in [0.3, 0.4) is 0 Å². The number of carbonyl (C=O) groups is 1. The van der Waals surface area contributed by atoms with Gasteiger partial charge in [0.1, 0.15) is 6.61 Å². The summed E-state index contributed by atoms with van der Waals surface area (Å²) in [7, 11) is 0. The van der Waals surface area contributed by atoms with Crippen molar-refractivity contribution in [3.63, 3.8) is 0 Å². The van der Waals surface area contributed by atoms with Crippen LogP contribution in [0.15, 0.2) is 12.1 Å². The van der Waals surface area contributed by atoms with Gasteiger partial charge in [0, 0.05) is 13.1 Å². The fourth-order valence-electron chi connectivity index (χ4n) is 1.53. The maximum absolute atomic E-state index is 12.2. The molecule has 0 aliphatic carbocycles. The molecule has 1 N–H and O–H groups in total. The number of carbonyl (C=O) groups excluding carboxylic acids is 1. The Balaban J connectivity index is 2.80. The quantitative estimate of drug-likeness (QED) is 0.852. The van der Waals surface area contributed by atoms with E-state index < -0.39 is 0 Å². The van der Waals surface area contributed by atoms with Gasteiger partial charge in [-0.15, -0.1) is 11.3 Å². The molecule has 1 unspecified atom stereocenters. The van der Waals surface area contributed by atoms with Gasteiger partial charge < -0.3 is 10.0 Å². The Hall–Kier alpha value is -1.82. The maximum atomic E-state index is 12.2. The highest BCUT2D eigenvalue weighted by atomic mass is 32.1. The zero-order valence-corrected chi connectivity index (χ0v) is 11.8. The number of nitriles is 1. The second kappa shape index (κ2) is 7.58. The summed E-state index contributed by atoms with van der Waals surface area (Å²) >= 11 is 1.30. The van der Waals surface area contributed by atoms with Crippen molar-refractivity contribution < 1.29 is 9.90 Å². The van der Waals surface area contributed by atoms with Gasteiger partial charge in [0.15, 0.2) is 0 Å². The summed E-state index contributed by atoms with van der Waals surface area (Å²) in [6.45, 7) is 4.49. The Morgan fingerprint density at radius 1 is 1.58 bits per heavy atom. The van der Waals surface area contributed by atoms with Gasteiger partial charge in [0.05, 0.1) is 21.7 Å². The highest BCUT2D eigenvalue weighted by Crippen LogP contribution is 2.18. The van der Waals surface area contributed by atoms with Crippen molar-refractivity contribution in [1.82, 2.24) is 4.90 Å². The van der Waals surface area contributed by atoms with Crippen LogP contribution in [0.1, 0.15) is 28.4 Å². The van der Waals surface area contributed by atoms with Crippen LogP contribution in [-0.2, 0) is 0 Å². The lowest BCUT2D eigenvalue weighted by atomic mass is 10.2. The van der Waals surface area contributed by atoms with Gasteiger partial charge in [-0.25, -0.2) is 0 Å². The molecule has 4 nitrogen and oxygen atoms in total. The molecule has 1 heterocycles. The van der Waals surface area contributed by atoms with Crippen LogP contribution in [-0.4, -0.2) is 35.6 Å². The Morgan fingerprint density at radius 2 is 2.32 bits per heavy atom. The first kappa shape index (κ1) is 15.2. The molecule has 0 fully saturated rings. The number of amides is 1. The molecule has 0 aliphatic heterocycles. The van der Waals surface area contributed by atoms with Crippen LogP contribution in [0.25, 0.3) is 0 Å². The van der Waals surface area contributed by atoms with Gasteiger partial charge in [0.2, 0.25) is 0 Å². The minimum absolute atomic E-state index is 0.0772. The summed E-state index contributed by atoms with van der Waals surface area (Å²) in [5.74, 6) is 5.06. The summed E-state index contributed by atoms with van der Waals surface area (Å²) in [6.07, 6.45) is 0. The molecular weight excluding hydrogens is 260 g/mol. The van der Waals surface area contributed by atoms with Crippen molar-refractivity contribution in [1.29, 1.82) is 5.26 Å². The third kappa shape index (κ3) is 4.40. The van der Waals surface area contributed by atoms with Gasteiger partial charge >= 0.3 is 0 Å². The van der Waals surface area contributed by atoms with E-state index in [-0.39, 0.29) is 18.4 Å². The topological polar surface area (TPSA) is 64.3 Å². The van der Waals surface area contributed by atoms with E-state index in [1.807, 2.05) is 6.92 Å². The van der Waals surface area contributed by atoms with Crippen molar-refractivity contribution in [2.75, 3.05) is 19.7 Å².